The lowest BCUT2D eigenvalue weighted by molar-refractivity contribution is 0.381. The number of nitrogens with zero attached hydrogens (tertiary/aromatic N) is 4. The Morgan fingerprint density at radius 1 is 0.839 bits per heavy atom. The lowest BCUT2D eigenvalue weighted by Crippen LogP contribution is -2.44. The van der Waals surface area contributed by atoms with Gasteiger partial charge in [0.1, 0.15) is 0 Å². The van der Waals surface area contributed by atoms with Crippen LogP contribution in [0.15, 0.2) is 31.3 Å². The number of aromatic nitrogens is 4. The van der Waals surface area contributed by atoms with E-state index in [1.54, 1.807) is 0 Å². The van der Waals surface area contributed by atoms with Gasteiger partial charge < -0.3 is 9.84 Å². The molecule has 0 saturated heterocycles. The fourth-order valence-electron chi connectivity index (χ4n) is 3.79. The summed E-state index contributed by atoms with van der Waals surface area (Å²) in [5, 5.41) is 11.0. The Hall–Kier alpha value is -3.24. The van der Waals surface area contributed by atoms with E-state index in [0.717, 1.165) is 18.3 Å². The first kappa shape index (κ1) is 21.0. The zero-order valence-electron chi connectivity index (χ0n) is 16.8. The number of hydrogen-bond acceptors (Lipinski definition) is 6. The molecule has 0 aliphatic carbocycles. The van der Waals surface area contributed by atoms with Crippen LogP contribution in [0.4, 0.5) is 0 Å². The average Bonchev–Trinajstić information content (AvgIpc) is 2.73. The monoisotopic (exact) mass is 466 g/mol. The largest absolute Gasteiger partial charge is 0.494 e. The van der Waals surface area contributed by atoms with Gasteiger partial charge in [-0.05, 0) is 12.1 Å². The minimum absolute atomic E-state index is 0.0714. The molecule has 0 amide bonds. The quantitative estimate of drug-likeness (QED) is 0.442. The molecule has 0 spiro atoms. The van der Waals surface area contributed by atoms with E-state index < -0.39 is 34.3 Å². The van der Waals surface area contributed by atoms with Gasteiger partial charge in [-0.15, -0.1) is 0 Å². The van der Waals surface area contributed by atoms with Crippen LogP contribution in [0.3, 0.4) is 0 Å². The zero-order valence-corrected chi connectivity index (χ0v) is 18.3. The molecule has 10 nitrogen and oxygen atoms in total. The zero-order chi connectivity index (χ0) is 22.9. The highest BCUT2D eigenvalue weighted by Crippen LogP contribution is 2.49. The number of aromatic hydroxyl groups is 1. The normalized spacial score (nSPS) is 14.7. The Balaban J connectivity index is 2.28. The second-order valence-electron chi connectivity index (χ2n) is 7.21. The topological polar surface area (TPSA) is 117 Å². The summed E-state index contributed by atoms with van der Waals surface area (Å²) in [4.78, 5) is 51.0. The van der Waals surface area contributed by atoms with Gasteiger partial charge in [-0.3, -0.25) is 27.9 Å². The number of benzene rings is 1. The first-order valence-corrected chi connectivity index (χ1v) is 9.68. The molecule has 3 heterocycles. The highest BCUT2D eigenvalue weighted by Gasteiger charge is 2.39. The Bertz CT molecular complexity index is 1500. The van der Waals surface area contributed by atoms with E-state index in [-0.39, 0.29) is 38.4 Å². The Morgan fingerprint density at radius 3 is 2.00 bits per heavy atom. The number of halogens is 2. The molecule has 1 atom stereocenters. The molecular weight excluding hydrogens is 451 g/mol. The van der Waals surface area contributed by atoms with Gasteiger partial charge in [-0.1, -0.05) is 23.2 Å². The van der Waals surface area contributed by atoms with Crippen molar-refractivity contribution in [1.29, 1.82) is 0 Å². The van der Waals surface area contributed by atoms with E-state index in [4.69, 9.17) is 27.9 Å². The van der Waals surface area contributed by atoms with Crippen LogP contribution in [-0.2, 0) is 28.2 Å². The van der Waals surface area contributed by atoms with Gasteiger partial charge in [0, 0.05) is 38.8 Å². The van der Waals surface area contributed by atoms with Gasteiger partial charge in [0.05, 0.1) is 22.1 Å². The van der Waals surface area contributed by atoms with Crippen LogP contribution in [0.5, 0.6) is 17.5 Å². The van der Waals surface area contributed by atoms with E-state index in [0.29, 0.717) is 0 Å². The summed E-state index contributed by atoms with van der Waals surface area (Å²) in [6.07, 6.45) is 0. The SMILES string of the molecule is Cn1c(O)c([C@@H]2c3cc(Cl)cc(Cl)c3Oc3c2c(=O)n(C)c(=O)n3C)c(=O)n(C)c1=O. The van der Waals surface area contributed by atoms with E-state index >= 15 is 0 Å². The minimum atomic E-state index is -1.22. The fraction of sp³-hybridized carbons (Fsp3) is 0.263. The third-order valence-electron chi connectivity index (χ3n) is 5.44. The van der Waals surface area contributed by atoms with Crippen molar-refractivity contribution in [1.82, 2.24) is 18.3 Å². The summed E-state index contributed by atoms with van der Waals surface area (Å²) in [5.41, 5.74) is -3.08. The summed E-state index contributed by atoms with van der Waals surface area (Å²) >= 11 is 12.5. The maximum Gasteiger partial charge on any atom is 0.333 e. The van der Waals surface area contributed by atoms with Crippen molar-refractivity contribution >= 4 is 23.2 Å². The molecule has 2 aromatic heterocycles. The number of rotatable bonds is 1. The van der Waals surface area contributed by atoms with Gasteiger partial charge >= 0.3 is 11.4 Å². The van der Waals surface area contributed by atoms with Crippen LogP contribution in [0.2, 0.25) is 10.0 Å². The van der Waals surface area contributed by atoms with E-state index in [2.05, 4.69) is 0 Å². The van der Waals surface area contributed by atoms with Crippen LogP contribution in [0.25, 0.3) is 0 Å². The molecule has 1 N–H and O–H groups in total. The van der Waals surface area contributed by atoms with Crippen LogP contribution >= 0.6 is 23.2 Å². The smallest absolute Gasteiger partial charge is 0.333 e. The Morgan fingerprint density at radius 2 is 1.39 bits per heavy atom. The summed E-state index contributed by atoms with van der Waals surface area (Å²) in [5.74, 6) is -1.91. The highest BCUT2D eigenvalue weighted by atomic mass is 35.5. The molecule has 0 unspecified atom stereocenters. The van der Waals surface area contributed by atoms with E-state index in [9.17, 15) is 24.3 Å². The molecule has 1 aliphatic rings. The van der Waals surface area contributed by atoms with Gasteiger partial charge in [0.2, 0.25) is 11.8 Å². The molecule has 1 aromatic carbocycles. The summed E-state index contributed by atoms with van der Waals surface area (Å²) in [6, 6.07) is 2.85. The third kappa shape index (κ3) is 2.78. The Labute approximate surface area is 183 Å². The van der Waals surface area contributed by atoms with Gasteiger partial charge in [-0.25, -0.2) is 9.59 Å². The molecule has 162 valence electrons. The number of hydrogen-bond donors (Lipinski definition) is 1. The Kier molecular flexibility index (Phi) is 4.67. The van der Waals surface area contributed by atoms with Crippen LogP contribution in [-0.4, -0.2) is 23.4 Å². The van der Waals surface area contributed by atoms with Crippen molar-refractivity contribution in [3.8, 4) is 17.5 Å². The molecular formula is C19H16Cl2N4O6. The van der Waals surface area contributed by atoms with Crippen molar-refractivity contribution in [3.63, 3.8) is 0 Å². The lowest BCUT2D eigenvalue weighted by Gasteiger charge is -2.30. The van der Waals surface area contributed by atoms with Crippen LogP contribution in [0.1, 0.15) is 22.6 Å². The summed E-state index contributed by atoms with van der Waals surface area (Å²) in [6.45, 7) is 0. The van der Waals surface area contributed by atoms with Gasteiger partial charge in [0.25, 0.3) is 11.1 Å². The van der Waals surface area contributed by atoms with Crippen molar-refractivity contribution < 1.29 is 9.84 Å². The predicted molar refractivity (Wildman–Crippen MR) is 113 cm³/mol. The van der Waals surface area contributed by atoms with Crippen LogP contribution < -0.4 is 27.2 Å². The molecule has 31 heavy (non-hydrogen) atoms. The lowest BCUT2D eigenvalue weighted by atomic mass is 9.84. The molecule has 0 saturated carbocycles. The molecule has 1 aliphatic heterocycles. The van der Waals surface area contributed by atoms with Crippen molar-refractivity contribution in [2.24, 2.45) is 28.2 Å². The molecule has 12 heteroatoms. The maximum absolute atomic E-state index is 13.2. The fourth-order valence-corrected chi connectivity index (χ4v) is 4.34. The molecule has 0 radical (unpaired) electrons. The van der Waals surface area contributed by atoms with Crippen molar-refractivity contribution in [3.05, 3.63) is 80.5 Å². The second-order valence-corrected chi connectivity index (χ2v) is 8.05. The standard InChI is InChI=1S/C19H16Cl2N4O6/c1-22-14(26)11(15(27)23(2)18(22)29)10-8-5-7(20)6-9(21)13(8)31-17-12(10)16(28)24(3)19(30)25(17)4/h5-6,10,26H,1-4H3/t10-/m0/s1. The van der Waals surface area contributed by atoms with Gasteiger partial charge in [0.15, 0.2) is 5.75 Å². The molecule has 0 fully saturated rings. The summed E-state index contributed by atoms with van der Waals surface area (Å²) < 4.78 is 9.47. The first-order valence-electron chi connectivity index (χ1n) is 8.92. The number of fused-ring (bicyclic) bond motifs is 2. The van der Waals surface area contributed by atoms with E-state index in [1.807, 2.05) is 0 Å². The minimum Gasteiger partial charge on any atom is -0.494 e. The van der Waals surface area contributed by atoms with Crippen LogP contribution in [0, 0.1) is 0 Å². The molecule has 4 rings (SSSR count). The molecule has 0 bridgehead atoms. The predicted octanol–water partition coefficient (Wildman–Crippen LogP) is 0.780. The second kappa shape index (κ2) is 6.89. The number of ether oxygens (including phenoxy) is 1. The highest BCUT2D eigenvalue weighted by molar-refractivity contribution is 6.35. The van der Waals surface area contributed by atoms with Gasteiger partial charge in [-0.2, -0.15) is 0 Å². The van der Waals surface area contributed by atoms with E-state index in [1.165, 1.54) is 40.3 Å². The summed E-state index contributed by atoms with van der Waals surface area (Å²) in [7, 11) is 5.20. The maximum atomic E-state index is 13.2. The first-order chi connectivity index (χ1) is 14.5. The molecule has 3 aromatic rings. The average molecular weight is 467 g/mol. The van der Waals surface area contributed by atoms with Crippen molar-refractivity contribution in [2.75, 3.05) is 0 Å². The van der Waals surface area contributed by atoms with Crippen molar-refractivity contribution in [2.45, 2.75) is 5.92 Å². The third-order valence-corrected chi connectivity index (χ3v) is 5.93.